The first kappa shape index (κ1) is 16.9. The minimum Gasteiger partial charge on any atom is -0.385 e. The van der Waals surface area contributed by atoms with Gasteiger partial charge in [0.1, 0.15) is 5.82 Å². The number of nitrogens with one attached hydrogen (secondary N) is 1. The molecule has 0 saturated carbocycles. The standard InChI is InChI=1S/C14H28N4O2/c1-12-13(11-15-2)14(17(3)16-12)18(8-10-20-5)7-6-9-19-4/h15H,6-11H2,1-5H3. The number of methoxy groups -OCH3 is 2. The Balaban J connectivity index is 2.92. The van der Waals surface area contributed by atoms with Crippen LogP contribution in [0.4, 0.5) is 5.82 Å². The summed E-state index contributed by atoms with van der Waals surface area (Å²) in [6, 6.07) is 0. The lowest BCUT2D eigenvalue weighted by Crippen LogP contribution is -2.32. The van der Waals surface area contributed by atoms with Gasteiger partial charge in [0, 0.05) is 53.1 Å². The van der Waals surface area contributed by atoms with Gasteiger partial charge in [-0.15, -0.1) is 0 Å². The summed E-state index contributed by atoms with van der Waals surface area (Å²) in [4.78, 5) is 2.33. The monoisotopic (exact) mass is 284 g/mol. The highest BCUT2D eigenvalue weighted by Crippen LogP contribution is 2.23. The Morgan fingerprint density at radius 1 is 1.20 bits per heavy atom. The maximum Gasteiger partial charge on any atom is 0.131 e. The molecule has 0 aliphatic carbocycles. The Labute approximate surface area is 122 Å². The van der Waals surface area contributed by atoms with Crippen LogP contribution in [0.15, 0.2) is 0 Å². The minimum atomic E-state index is 0.705. The van der Waals surface area contributed by atoms with Crippen LogP contribution < -0.4 is 10.2 Å². The smallest absolute Gasteiger partial charge is 0.131 e. The van der Waals surface area contributed by atoms with E-state index in [9.17, 15) is 0 Å². The van der Waals surface area contributed by atoms with E-state index >= 15 is 0 Å². The van der Waals surface area contributed by atoms with Crippen LogP contribution >= 0.6 is 0 Å². The summed E-state index contributed by atoms with van der Waals surface area (Å²) in [6.07, 6.45) is 0.990. The van der Waals surface area contributed by atoms with Crippen molar-refractivity contribution in [2.24, 2.45) is 7.05 Å². The third kappa shape index (κ3) is 4.47. The zero-order valence-electron chi connectivity index (χ0n) is 13.4. The maximum absolute atomic E-state index is 5.23. The van der Waals surface area contributed by atoms with Gasteiger partial charge in [-0.1, -0.05) is 0 Å². The second-order valence-corrected chi connectivity index (χ2v) is 4.87. The molecule has 0 aromatic carbocycles. The van der Waals surface area contributed by atoms with Crippen LogP contribution in [0.3, 0.4) is 0 Å². The van der Waals surface area contributed by atoms with Gasteiger partial charge in [-0.3, -0.25) is 4.68 Å². The van der Waals surface area contributed by atoms with Gasteiger partial charge in [0.25, 0.3) is 0 Å². The van der Waals surface area contributed by atoms with Crippen LogP contribution in [-0.4, -0.2) is 57.4 Å². The summed E-state index contributed by atoms with van der Waals surface area (Å²) in [5, 5.41) is 7.77. The fraction of sp³-hybridized carbons (Fsp3) is 0.786. The second kappa shape index (κ2) is 8.94. The average Bonchev–Trinajstić information content (AvgIpc) is 2.69. The Hall–Kier alpha value is -1.11. The third-order valence-corrected chi connectivity index (χ3v) is 3.31. The summed E-state index contributed by atoms with van der Waals surface area (Å²) in [6.45, 7) is 6.14. The molecule has 1 heterocycles. The lowest BCUT2D eigenvalue weighted by molar-refractivity contribution is 0.190. The molecule has 0 atom stereocenters. The molecule has 6 heteroatoms. The van der Waals surface area contributed by atoms with Crippen molar-refractivity contribution in [1.29, 1.82) is 0 Å². The van der Waals surface area contributed by atoms with Crippen molar-refractivity contribution in [2.75, 3.05) is 52.5 Å². The van der Waals surface area contributed by atoms with Crippen LogP contribution in [0, 0.1) is 6.92 Å². The molecule has 0 aliphatic heterocycles. The number of anilines is 1. The van der Waals surface area contributed by atoms with Crippen molar-refractivity contribution in [3.8, 4) is 0 Å². The predicted octanol–water partition coefficient (Wildman–Crippen LogP) is 0.937. The van der Waals surface area contributed by atoms with Gasteiger partial charge < -0.3 is 19.7 Å². The summed E-state index contributed by atoms with van der Waals surface area (Å²) < 4.78 is 12.3. The highest BCUT2D eigenvalue weighted by atomic mass is 16.5. The van der Waals surface area contributed by atoms with Gasteiger partial charge in [0.2, 0.25) is 0 Å². The van der Waals surface area contributed by atoms with Crippen molar-refractivity contribution < 1.29 is 9.47 Å². The van der Waals surface area contributed by atoms with E-state index < -0.39 is 0 Å². The van der Waals surface area contributed by atoms with Crippen molar-refractivity contribution >= 4 is 5.82 Å². The fourth-order valence-corrected chi connectivity index (χ4v) is 2.39. The number of rotatable bonds is 10. The molecule has 0 spiro atoms. The molecule has 0 fully saturated rings. The van der Waals surface area contributed by atoms with Crippen molar-refractivity contribution in [3.05, 3.63) is 11.3 Å². The molecule has 0 amide bonds. The first-order valence-corrected chi connectivity index (χ1v) is 7.05. The van der Waals surface area contributed by atoms with Gasteiger partial charge in [-0.2, -0.15) is 5.10 Å². The Kier molecular flexibility index (Phi) is 7.58. The lowest BCUT2D eigenvalue weighted by Gasteiger charge is -2.25. The molecule has 116 valence electrons. The minimum absolute atomic E-state index is 0.705. The van der Waals surface area contributed by atoms with Crippen LogP contribution in [-0.2, 0) is 23.1 Å². The quantitative estimate of drug-likeness (QED) is 0.648. The first-order valence-electron chi connectivity index (χ1n) is 7.05. The number of hydrogen-bond acceptors (Lipinski definition) is 5. The van der Waals surface area contributed by atoms with Crippen LogP contribution in [0.2, 0.25) is 0 Å². The molecule has 1 rings (SSSR count). The van der Waals surface area contributed by atoms with E-state index in [1.54, 1.807) is 14.2 Å². The van der Waals surface area contributed by atoms with E-state index in [-0.39, 0.29) is 0 Å². The highest BCUT2D eigenvalue weighted by Gasteiger charge is 2.18. The number of aryl methyl sites for hydroxylation is 2. The molecule has 1 aromatic heterocycles. The van der Waals surface area contributed by atoms with E-state index in [4.69, 9.17) is 9.47 Å². The fourth-order valence-electron chi connectivity index (χ4n) is 2.39. The van der Waals surface area contributed by atoms with Gasteiger partial charge in [-0.05, 0) is 20.4 Å². The molecule has 1 N–H and O–H groups in total. The molecule has 1 aromatic rings. The maximum atomic E-state index is 5.23. The van der Waals surface area contributed by atoms with Gasteiger partial charge >= 0.3 is 0 Å². The van der Waals surface area contributed by atoms with Crippen LogP contribution in [0.5, 0.6) is 0 Å². The highest BCUT2D eigenvalue weighted by molar-refractivity contribution is 5.50. The number of ether oxygens (including phenoxy) is 2. The second-order valence-electron chi connectivity index (χ2n) is 4.87. The van der Waals surface area contributed by atoms with E-state index in [0.717, 1.165) is 38.4 Å². The molecule has 0 unspecified atom stereocenters. The number of hydrogen-bond donors (Lipinski definition) is 1. The summed E-state index contributed by atoms with van der Waals surface area (Å²) in [5.74, 6) is 1.17. The summed E-state index contributed by atoms with van der Waals surface area (Å²) in [7, 11) is 7.43. The van der Waals surface area contributed by atoms with Crippen LogP contribution in [0.25, 0.3) is 0 Å². The van der Waals surface area contributed by atoms with Crippen molar-refractivity contribution in [1.82, 2.24) is 15.1 Å². The normalized spacial score (nSPS) is 11.1. The number of nitrogens with zero attached hydrogens (tertiary/aromatic N) is 3. The molecule has 0 bridgehead atoms. The predicted molar refractivity (Wildman–Crippen MR) is 81.3 cm³/mol. The Morgan fingerprint density at radius 3 is 2.50 bits per heavy atom. The topological polar surface area (TPSA) is 51.6 Å². The molecule has 20 heavy (non-hydrogen) atoms. The van der Waals surface area contributed by atoms with Gasteiger partial charge in [0.15, 0.2) is 0 Å². The molecule has 0 saturated heterocycles. The summed E-state index contributed by atoms with van der Waals surface area (Å²) in [5.41, 5.74) is 2.33. The molecular formula is C14H28N4O2. The average molecular weight is 284 g/mol. The Bertz CT molecular complexity index is 393. The zero-order valence-corrected chi connectivity index (χ0v) is 13.4. The van der Waals surface area contributed by atoms with Crippen molar-refractivity contribution in [3.63, 3.8) is 0 Å². The largest absolute Gasteiger partial charge is 0.385 e. The van der Waals surface area contributed by atoms with E-state index in [0.29, 0.717) is 6.61 Å². The first-order chi connectivity index (χ1) is 9.65. The molecular weight excluding hydrogens is 256 g/mol. The lowest BCUT2D eigenvalue weighted by atomic mass is 10.2. The van der Waals surface area contributed by atoms with Crippen LogP contribution in [0.1, 0.15) is 17.7 Å². The molecule has 6 nitrogen and oxygen atoms in total. The van der Waals surface area contributed by atoms with E-state index in [1.807, 2.05) is 18.8 Å². The third-order valence-electron chi connectivity index (χ3n) is 3.31. The van der Waals surface area contributed by atoms with E-state index in [1.165, 1.54) is 11.4 Å². The number of aromatic nitrogens is 2. The molecule has 0 radical (unpaired) electrons. The molecule has 0 aliphatic rings. The SMILES string of the molecule is CNCc1c(C)nn(C)c1N(CCCOC)CCOC. The van der Waals surface area contributed by atoms with Gasteiger partial charge in [-0.25, -0.2) is 0 Å². The van der Waals surface area contributed by atoms with Crippen molar-refractivity contribution in [2.45, 2.75) is 19.9 Å². The van der Waals surface area contributed by atoms with Gasteiger partial charge in [0.05, 0.1) is 12.3 Å². The van der Waals surface area contributed by atoms with E-state index in [2.05, 4.69) is 22.2 Å². The summed E-state index contributed by atoms with van der Waals surface area (Å²) >= 11 is 0. The zero-order chi connectivity index (χ0) is 15.0. The Morgan fingerprint density at radius 2 is 1.90 bits per heavy atom.